The van der Waals surface area contributed by atoms with Crippen LogP contribution in [0.25, 0.3) is 10.2 Å². The number of amides is 3. The Morgan fingerprint density at radius 2 is 2.00 bits per heavy atom. The molecule has 0 aliphatic carbocycles. The highest BCUT2D eigenvalue weighted by Gasteiger charge is 2.28. The SMILES string of the molecule is C[C@@H](c1nc2ccccc2s1)N(C)CC(=O)NC(=O)NCC(F)(F)F. The predicted molar refractivity (Wildman–Crippen MR) is 88.3 cm³/mol. The lowest BCUT2D eigenvalue weighted by Gasteiger charge is -2.22. The molecule has 2 N–H and O–H groups in total. The summed E-state index contributed by atoms with van der Waals surface area (Å²) in [6.07, 6.45) is -4.53. The van der Waals surface area contributed by atoms with Crippen molar-refractivity contribution in [3.63, 3.8) is 0 Å². The van der Waals surface area contributed by atoms with Gasteiger partial charge in [0.05, 0.1) is 22.8 Å². The molecule has 0 aliphatic rings. The molecule has 0 aliphatic heterocycles. The van der Waals surface area contributed by atoms with Gasteiger partial charge in [-0.25, -0.2) is 9.78 Å². The lowest BCUT2D eigenvalue weighted by molar-refractivity contribution is -0.125. The largest absolute Gasteiger partial charge is 0.405 e. The van der Waals surface area contributed by atoms with E-state index in [-0.39, 0.29) is 12.6 Å². The van der Waals surface area contributed by atoms with Crippen LogP contribution in [0.5, 0.6) is 0 Å². The van der Waals surface area contributed by atoms with Crippen LogP contribution in [0, 0.1) is 0 Å². The summed E-state index contributed by atoms with van der Waals surface area (Å²) in [6.45, 7) is 0.204. The minimum Gasteiger partial charge on any atom is -0.329 e. The molecule has 1 heterocycles. The number of thiazole rings is 1. The summed E-state index contributed by atoms with van der Waals surface area (Å²) in [5.74, 6) is -0.699. The highest BCUT2D eigenvalue weighted by molar-refractivity contribution is 7.18. The minimum absolute atomic E-state index is 0.156. The first-order valence-electron chi connectivity index (χ1n) is 7.36. The number of benzene rings is 1. The maximum absolute atomic E-state index is 12.0. The molecule has 0 bridgehead atoms. The molecule has 0 spiro atoms. The lowest BCUT2D eigenvalue weighted by Crippen LogP contribution is -2.46. The Morgan fingerprint density at radius 1 is 1.32 bits per heavy atom. The third-order valence-electron chi connectivity index (χ3n) is 3.42. The van der Waals surface area contributed by atoms with Crippen LogP contribution in [-0.4, -0.2) is 48.1 Å². The number of imide groups is 1. The summed E-state index contributed by atoms with van der Waals surface area (Å²) in [7, 11) is 1.67. The van der Waals surface area contributed by atoms with Crippen LogP contribution in [0.4, 0.5) is 18.0 Å². The molecular weight excluding hydrogens is 357 g/mol. The Labute approximate surface area is 146 Å². The highest BCUT2D eigenvalue weighted by atomic mass is 32.1. The van der Waals surface area contributed by atoms with Gasteiger partial charge >= 0.3 is 12.2 Å². The van der Waals surface area contributed by atoms with Gasteiger partial charge in [0.2, 0.25) is 5.91 Å². The van der Waals surface area contributed by atoms with Crippen molar-refractivity contribution in [1.82, 2.24) is 20.5 Å². The molecule has 0 radical (unpaired) electrons. The Hall–Kier alpha value is -2.20. The molecule has 0 unspecified atom stereocenters. The van der Waals surface area contributed by atoms with Crippen molar-refractivity contribution in [2.24, 2.45) is 0 Å². The Kier molecular flexibility index (Phi) is 5.96. The van der Waals surface area contributed by atoms with Crippen molar-refractivity contribution in [3.8, 4) is 0 Å². The second-order valence-corrected chi connectivity index (χ2v) is 6.52. The zero-order valence-electron chi connectivity index (χ0n) is 13.6. The van der Waals surface area contributed by atoms with Crippen LogP contribution in [0.15, 0.2) is 24.3 Å². The van der Waals surface area contributed by atoms with Gasteiger partial charge < -0.3 is 5.32 Å². The van der Waals surface area contributed by atoms with Gasteiger partial charge in [-0.1, -0.05) is 12.1 Å². The fourth-order valence-electron chi connectivity index (χ4n) is 2.01. The standard InChI is InChI=1S/C15H17F3N4O2S/c1-9(13-20-10-5-3-4-6-11(10)25-13)22(2)7-12(23)21-14(24)19-8-15(16,17)18/h3-6,9H,7-8H2,1-2H3,(H2,19,21,23,24)/t9-/m0/s1. The molecule has 0 fully saturated rings. The fourth-order valence-corrected chi connectivity index (χ4v) is 3.10. The van der Waals surface area contributed by atoms with E-state index in [4.69, 9.17) is 0 Å². The second kappa shape index (κ2) is 7.79. The van der Waals surface area contributed by atoms with Crippen LogP contribution in [0.3, 0.4) is 0 Å². The third-order valence-corrected chi connectivity index (χ3v) is 4.63. The van der Waals surface area contributed by atoms with Crippen molar-refractivity contribution < 1.29 is 22.8 Å². The van der Waals surface area contributed by atoms with Crippen molar-refractivity contribution >= 4 is 33.5 Å². The molecule has 2 rings (SSSR count). The maximum atomic E-state index is 12.0. The van der Waals surface area contributed by atoms with E-state index in [1.165, 1.54) is 11.3 Å². The van der Waals surface area contributed by atoms with E-state index < -0.39 is 24.7 Å². The number of rotatable bonds is 5. The topological polar surface area (TPSA) is 74.3 Å². The molecule has 25 heavy (non-hydrogen) atoms. The molecule has 0 saturated heterocycles. The van der Waals surface area contributed by atoms with E-state index >= 15 is 0 Å². The number of nitrogens with zero attached hydrogens (tertiary/aromatic N) is 2. The number of likely N-dealkylation sites (N-methyl/N-ethyl adjacent to an activating group) is 1. The number of carbonyl (C=O) groups is 2. The maximum Gasteiger partial charge on any atom is 0.405 e. The Morgan fingerprint density at radius 3 is 2.64 bits per heavy atom. The Balaban J connectivity index is 1.88. The van der Waals surface area contributed by atoms with Gasteiger partial charge in [-0.3, -0.25) is 15.0 Å². The van der Waals surface area contributed by atoms with E-state index in [0.29, 0.717) is 0 Å². The number of alkyl halides is 3. The number of urea groups is 1. The van der Waals surface area contributed by atoms with Gasteiger partial charge in [0.15, 0.2) is 0 Å². The first kappa shape index (κ1) is 19.1. The van der Waals surface area contributed by atoms with Gasteiger partial charge in [0, 0.05) is 0 Å². The lowest BCUT2D eigenvalue weighted by atomic mass is 10.3. The van der Waals surface area contributed by atoms with Crippen molar-refractivity contribution in [2.45, 2.75) is 19.1 Å². The van der Waals surface area contributed by atoms with Crippen LogP contribution in [0.1, 0.15) is 18.0 Å². The van der Waals surface area contributed by atoms with Crippen molar-refractivity contribution in [3.05, 3.63) is 29.3 Å². The predicted octanol–water partition coefficient (Wildman–Crippen LogP) is 2.68. The summed E-state index contributed by atoms with van der Waals surface area (Å²) in [4.78, 5) is 29.2. The van der Waals surface area contributed by atoms with Gasteiger partial charge in [-0.2, -0.15) is 13.2 Å². The number of halogens is 3. The average molecular weight is 374 g/mol. The zero-order valence-corrected chi connectivity index (χ0v) is 14.4. The number of para-hydroxylation sites is 1. The highest BCUT2D eigenvalue weighted by Crippen LogP contribution is 2.28. The zero-order chi connectivity index (χ0) is 18.6. The summed E-state index contributed by atoms with van der Waals surface area (Å²) in [5, 5.41) is 4.25. The van der Waals surface area contributed by atoms with Gasteiger partial charge in [-0.05, 0) is 26.1 Å². The molecule has 10 heteroatoms. The van der Waals surface area contributed by atoms with Gasteiger partial charge in [0.1, 0.15) is 11.6 Å². The van der Waals surface area contributed by atoms with E-state index in [9.17, 15) is 22.8 Å². The van der Waals surface area contributed by atoms with Crippen LogP contribution in [0.2, 0.25) is 0 Å². The summed E-state index contributed by atoms with van der Waals surface area (Å²) < 4.78 is 37.0. The van der Waals surface area contributed by atoms with E-state index in [1.807, 2.05) is 36.5 Å². The van der Waals surface area contributed by atoms with Crippen LogP contribution < -0.4 is 10.6 Å². The second-order valence-electron chi connectivity index (χ2n) is 5.46. The molecule has 136 valence electrons. The molecular formula is C15H17F3N4O2S. The third kappa shape index (κ3) is 5.68. The molecule has 6 nitrogen and oxygen atoms in total. The van der Waals surface area contributed by atoms with E-state index in [1.54, 1.807) is 17.3 Å². The monoisotopic (exact) mass is 374 g/mol. The smallest absolute Gasteiger partial charge is 0.329 e. The molecule has 1 aromatic carbocycles. The first-order valence-corrected chi connectivity index (χ1v) is 8.17. The molecule has 3 amide bonds. The van der Waals surface area contributed by atoms with Crippen LogP contribution >= 0.6 is 11.3 Å². The number of hydrogen-bond donors (Lipinski definition) is 2. The summed E-state index contributed by atoms with van der Waals surface area (Å²) in [5.41, 5.74) is 0.860. The normalized spacial score (nSPS) is 13.0. The average Bonchev–Trinajstić information content (AvgIpc) is 2.95. The first-order chi connectivity index (χ1) is 11.7. The number of aromatic nitrogens is 1. The number of fused-ring (bicyclic) bond motifs is 1. The van der Waals surface area contributed by atoms with Crippen LogP contribution in [-0.2, 0) is 4.79 Å². The summed E-state index contributed by atoms with van der Waals surface area (Å²) in [6, 6.07) is 6.25. The molecule has 2 aromatic rings. The Bertz CT molecular complexity index is 730. The summed E-state index contributed by atoms with van der Waals surface area (Å²) >= 11 is 1.50. The van der Waals surface area contributed by atoms with Crippen molar-refractivity contribution in [2.75, 3.05) is 20.1 Å². The van der Waals surface area contributed by atoms with E-state index in [0.717, 1.165) is 15.2 Å². The number of hydrogen-bond acceptors (Lipinski definition) is 5. The van der Waals surface area contributed by atoms with Gasteiger partial charge in [0.25, 0.3) is 0 Å². The number of carbonyl (C=O) groups excluding carboxylic acids is 2. The van der Waals surface area contributed by atoms with E-state index in [2.05, 4.69) is 4.98 Å². The molecule has 1 aromatic heterocycles. The molecule has 1 atom stereocenters. The van der Waals surface area contributed by atoms with Crippen molar-refractivity contribution in [1.29, 1.82) is 0 Å². The van der Waals surface area contributed by atoms with Gasteiger partial charge in [-0.15, -0.1) is 11.3 Å². The number of nitrogens with one attached hydrogen (secondary N) is 2. The fraction of sp³-hybridized carbons (Fsp3) is 0.400. The molecule has 0 saturated carbocycles. The minimum atomic E-state index is -4.53. The quantitative estimate of drug-likeness (QED) is 0.844.